The summed E-state index contributed by atoms with van der Waals surface area (Å²) in [4.78, 5) is 21.1. The Labute approximate surface area is 89.5 Å². The van der Waals surface area contributed by atoms with Crippen LogP contribution in [0.3, 0.4) is 0 Å². The van der Waals surface area contributed by atoms with Gasteiger partial charge in [-0.2, -0.15) is 0 Å². The number of rotatable bonds is 6. The van der Waals surface area contributed by atoms with Crippen LogP contribution in [0.15, 0.2) is 0 Å². The van der Waals surface area contributed by atoms with E-state index in [0.717, 1.165) is 0 Å². The van der Waals surface area contributed by atoms with Gasteiger partial charge in [0.2, 0.25) is 0 Å². The van der Waals surface area contributed by atoms with Crippen molar-refractivity contribution in [2.45, 2.75) is 51.6 Å². The molecule has 5 nitrogen and oxygen atoms in total. The van der Waals surface area contributed by atoms with Crippen LogP contribution in [0.25, 0.3) is 0 Å². The summed E-state index contributed by atoms with van der Waals surface area (Å²) in [5.41, 5.74) is -1.24. The molecule has 88 valence electrons. The van der Waals surface area contributed by atoms with Gasteiger partial charge < -0.3 is 15.5 Å². The van der Waals surface area contributed by atoms with E-state index in [-0.39, 0.29) is 12.8 Å². The van der Waals surface area contributed by atoms with E-state index in [1.165, 1.54) is 0 Å². The monoisotopic (exact) mass is 217 g/mol. The maximum Gasteiger partial charge on any atom is 0.305 e. The van der Waals surface area contributed by atoms with Crippen LogP contribution in [0.2, 0.25) is 0 Å². The number of carbonyl (C=O) groups is 2. The predicted molar refractivity (Wildman–Crippen MR) is 55.8 cm³/mol. The van der Waals surface area contributed by atoms with Crippen molar-refractivity contribution in [3.05, 3.63) is 0 Å². The largest absolute Gasteiger partial charge is 0.481 e. The molecule has 0 aromatic carbocycles. The van der Waals surface area contributed by atoms with Gasteiger partial charge in [0.05, 0.1) is 12.8 Å². The van der Waals surface area contributed by atoms with Crippen LogP contribution in [0.4, 0.5) is 0 Å². The van der Waals surface area contributed by atoms with Crippen LogP contribution in [0.5, 0.6) is 0 Å². The van der Waals surface area contributed by atoms with Crippen LogP contribution in [-0.2, 0) is 9.59 Å². The van der Waals surface area contributed by atoms with Gasteiger partial charge in [-0.05, 0) is 27.7 Å². The molecule has 0 fully saturated rings. The Morgan fingerprint density at radius 3 is 1.40 bits per heavy atom. The van der Waals surface area contributed by atoms with E-state index in [1.54, 1.807) is 27.7 Å². The molecule has 0 saturated heterocycles. The standard InChI is InChI=1S/C10H19NO4/c1-9(2,5-7(12)13)11-10(3,4)6-8(14)15/h11H,5-6H2,1-4H3,(H,12,13)(H,14,15). The highest BCUT2D eigenvalue weighted by molar-refractivity contribution is 5.69. The summed E-state index contributed by atoms with van der Waals surface area (Å²) in [5.74, 6) is -1.81. The van der Waals surface area contributed by atoms with Crippen molar-refractivity contribution in [2.24, 2.45) is 0 Å². The lowest BCUT2D eigenvalue weighted by Gasteiger charge is -2.35. The zero-order valence-electron chi connectivity index (χ0n) is 9.63. The topological polar surface area (TPSA) is 86.6 Å². The highest BCUT2D eigenvalue weighted by Gasteiger charge is 2.30. The van der Waals surface area contributed by atoms with E-state index in [9.17, 15) is 9.59 Å². The molecule has 15 heavy (non-hydrogen) atoms. The molecule has 0 aliphatic rings. The van der Waals surface area contributed by atoms with E-state index in [0.29, 0.717) is 0 Å². The zero-order chi connectivity index (χ0) is 12.3. The Kier molecular flexibility index (Phi) is 4.27. The van der Waals surface area contributed by atoms with Crippen molar-refractivity contribution in [2.75, 3.05) is 0 Å². The molecule has 0 radical (unpaired) electrons. The van der Waals surface area contributed by atoms with Crippen LogP contribution < -0.4 is 5.32 Å². The third-order valence-electron chi connectivity index (χ3n) is 1.86. The van der Waals surface area contributed by atoms with Gasteiger partial charge in [-0.25, -0.2) is 0 Å². The summed E-state index contributed by atoms with van der Waals surface area (Å²) in [6.07, 6.45) is -0.0912. The molecule has 0 rings (SSSR count). The van der Waals surface area contributed by atoms with Gasteiger partial charge >= 0.3 is 11.9 Å². The summed E-state index contributed by atoms with van der Waals surface area (Å²) in [6.45, 7) is 6.96. The Hall–Kier alpha value is -1.10. The zero-order valence-corrected chi connectivity index (χ0v) is 9.63. The second-order valence-corrected chi connectivity index (χ2v) is 5.03. The third-order valence-corrected chi connectivity index (χ3v) is 1.86. The summed E-state index contributed by atoms with van der Waals surface area (Å²) < 4.78 is 0. The normalized spacial score (nSPS) is 12.5. The van der Waals surface area contributed by atoms with E-state index in [4.69, 9.17) is 10.2 Å². The van der Waals surface area contributed by atoms with Gasteiger partial charge in [-0.1, -0.05) is 0 Å². The molecule has 0 saturated carbocycles. The summed E-state index contributed by atoms with van der Waals surface area (Å²) in [7, 11) is 0. The average Bonchev–Trinajstić information content (AvgIpc) is 1.73. The molecule has 0 unspecified atom stereocenters. The van der Waals surface area contributed by atoms with Crippen molar-refractivity contribution in [1.29, 1.82) is 0 Å². The Bertz CT molecular complexity index is 232. The van der Waals surface area contributed by atoms with Gasteiger partial charge in [0.25, 0.3) is 0 Å². The van der Waals surface area contributed by atoms with E-state index < -0.39 is 23.0 Å². The van der Waals surface area contributed by atoms with Crippen LogP contribution in [0.1, 0.15) is 40.5 Å². The number of hydrogen-bond donors (Lipinski definition) is 3. The van der Waals surface area contributed by atoms with Crippen LogP contribution in [0, 0.1) is 0 Å². The van der Waals surface area contributed by atoms with Crippen molar-refractivity contribution in [1.82, 2.24) is 5.32 Å². The molecule has 0 heterocycles. The molecule has 0 bridgehead atoms. The second-order valence-electron chi connectivity index (χ2n) is 5.03. The third kappa shape index (κ3) is 6.90. The Balaban J connectivity index is 4.42. The molecule has 5 heteroatoms. The second kappa shape index (κ2) is 4.61. The molecule has 0 aromatic rings. The maximum absolute atomic E-state index is 10.6. The van der Waals surface area contributed by atoms with Gasteiger partial charge in [0.15, 0.2) is 0 Å². The number of carboxylic acid groups (broad SMARTS) is 2. The number of nitrogens with one attached hydrogen (secondary N) is 1. The van der Waals surface area contributed by atoms with E-state index >= 15 is 0 Å². The molecule has 0 amide bonds. The fourth-order valence-electron chi connectivity index (χ4n) is 1.76. The molecule has 0 aliphatic carbocycles. The molecule has 3 N–H and O–H groups in total. The Morgan fingerprint density at radius 2 is 1.20 bits per heavy atom. The maximum atomic E-state index is 10.6. The number of hydrogen-bond acceptors (Lipinski definition) is 3. The molecule has 0 atom stereocenters. The lowest BCUT2D eigenvalue weighted by molar-refractivity contribution is -0.138. The van der Waals surface area contributed by atoms with Crippen molar-refractivity contribution in [3.63, 3.8) is 0 Å². The molecular formula is C10H19NO4. The molecule has 0 aromatic heterocycles. The van der Waals surface area contributed by atoms with Gasteiger partial charge in [0.1, 0.15) is 0 Å². The fourth-order valence-corrected chi connectivity index (χ4v) is 1.76. The molecule has 0 aliphatic heterocycles. The van der Waals surface area contributed by atoms with Crippen LogP contribution >= 0.6 is 0 Å². The molecular weight excluding hydrogens is 198 g/mol. The first-order valence-corrected chi connectivity index (χ1v) is 4.77. The summed E-state index contributed by atoms with van der Waals surface area (Å²) >= 11 is 0. The van der Waals surface area contributed by atoms with E-state index in [2.05, 4.69) is 5.32 Å². The predicted octanol–water partition coefficient (Wildman–Crippen LogP) is 1.08. The lowest BCUT2D eigenvalue weighted by Crippen LogP contribution is -2.53. The number of carboxylic acids is 2. The first kappa shape index (κ1) is 13.9. The highest BCUT2D eigenvalue weighted by atomic mass is 16.4. The van der Waals surface area contributed by atoms with Gasteiger partial charge in [0, 0.05) is 11.1 Å². The van der Waals surface area contributed by atoms with Gasteiger partial charge in [-0.15, -0.1) is 0 Å². The van der Waals surface area contributed by atoms with Crippen molar-refractivity contribution >= 4 is 11.9 Å². The summed E-state index contributed by atoms with van der Waals surface area (Å²) in [6, 6.07) is 0. The number of aliphatic carboxylic acids is 2. The minimum absolute atomic E-state index is 0.0456. The fraction of sp³-hybridized carbons (Fsp3) is 0.800. The first-order valence-electron chi connectivity index (χ1n) is 4.77. The molecule has 0 spiro atoms. The smallest absolute Gasteiger partial charge is 0.305 e. The highest BCUT2D eigenvalue weighted by Crippen LogP contribution is 2.17. The quantitative estimate of drug-likeness (QED) is 0.619. The Morgan fingerprint density at radius 1 is 0.933 bits per heavy atom. The van der Waals surface area contributed by atoms with Gasteiger partial charge in [-0.3, -0.25) is 9.59 Å². The first-order chi connectivity index (χ1) is 6.54. The lowest BCUT2D eigenvalue weighted by atomic mass is 9.92. The van der Waals surface area contributed by atoms with Crippen molar-refractivity contribution in [3.8, 4) is 0 Å². The van der Waals surface area contributed by atoms with Crippen LogP contribution in [-0.4, -0.2) is 33.2 Å². The minimum Gasteiger partial charge on any atom is -0.481 e. The average molecular weight is 217 g/mol. The summed E-state index contributed by atoms with van der Waals surface area (Å²) in [5, 5.41) is 20.4. The SMILES string of the molecule is CC(C)(CC(=O)O)NC(C)(C)CC(=O)O. The van der Waals surface area contributed by atoms with Crippen molar-refractivity contribution < 1.29 is 19.8 Å². The van der Waals surface area contributed by atoms with E-state index in [1.807, 2.05) is 0 Å². The minimum atomic E-state index is -0.904.